The lowest BCUT2D eigenvalue weighted by Gasteiger charge is -2.24. The first-order valence-corrected chi connectivity index (χ1v) is 21.0. The monoisotopic (exact) mass is 887 g/mol. The molecule has 22 heteroatoms. The van der Waals surface area contributed by atoms with Crippen molar-refractivity contribution >= 4 is 55.3 Å². The zero-order chi connectivity index (χ0) is 43.3. The summed E-state index contributed by atoms with van der Waals surface area (Å²) < 4.78 is 124. The van der Waals surface area contributed by atoms with Gasteiger partial charge in [0.1, 0.15) is 41.5 Å². The van der Waals surface area contributed by atoms with E-state index in [4.69, 9.17) is 21.3 Å². The average molecular weight is 888 g/mol. The number of hydrogen-bond donors (Lipinski definition) is 2. The first-order chi connectivity index (χ1) is 28.9. The third kappa shape index (κ3) is 7.25. The van der Waals surface area contributed by atoms with E-state index in [-0.39, 0.29) is 73.8 Å². The predicted octanol–water partition coefficient (Wildman–Crippen LogP) is 6.51. The highest BCUT2D eigenvalue weighted by Gasteiger charge is 2.67. The molecule has 0 unspecified atom stereocenters. The van der Waals surface area contributed by atoms with E-state index in [2.05, 4.69) is 25.2 Å². The molecule has 1 amide bonds. The summed E-state index contributed by atoms with van der Waals surface area (Å²) in [7, 11) is -2.46. The Kier molecular flexibility index (Phi) is 9.68. The molecule has 3 aliphatic carbocycles. The van der Waals surface area contributed by atoms with E-state index in [1.807, 2.05) is 12.2 Å². The third-order valence-electron chi connectivity index (χ3n) is 10.9. The molecule has 0 spiro atoms. The molecule has 3 aliphatic rings. The summed E-state index contributed by atoms with van der Waals surface area (Å²) in [5, 5.41) is 10.7. The van der Waals surface area contributed by atoms with Gasteiger partial charge in [0.05, 0.1) is 39.3 Å². The normalized spacial score (nSPS) is 18.5. The van der Waals surface area contributed by atoms with Crippen molar-refractivity contribution in [1.82, 2.24) is 39.4 Å². The minimum Gasteiger partial charge on any atom is -0.474 e. The first-order valence-electron chi connectivity index (χ1n) is 18.8. The number of hydrogen-bond acceptors (Lipinski definition) is 9. The van der Waals surface area contributed by atoms with Crippen LogP contribution in [0.2, 0.25) is 5.02 Å². The molecule has 0 saturated heterocycles. The topological polar surface area (TPSA) is 168 Å². The van der Waals surface area contributed by atoms with Gasteiger partial charge in [0.25, 0.3) is 17.9 Å². The predicted molar refractivity (Wildman–Crippen MR) is 209 cm³/mol. The average Bonchev–Trinajstić information content (AvgIpc) is 3.37. The van der Waals surface area contributed by atoms with Crippen LogP contribution < -0.4 is 20.3 Å². The molecule has 3 atom stereocenters. The Morgan fingerprint density at radius 2 is 1.77 bits per heavy atom. The zero-order valence-corrected chi connectivity index (χ0v) is 33.4. The summed E-state index contributed by atoms with van der Waals surface area (Å²) >= 11 is 6.61. The van der Waals surface area contributed by atoms with Crippen molar-refractivity contribution in [1.29, 1.82) is 0 Å². The quantitative estimate of drug-likeness (QED) is 0.103. The molecule has 6 aromatic rings. The number of carbonyl (C=O) groups is 1. The largest absolute Gasteiger partial charge is 0.474 e. The van der Waals surface area contributed by atoms with Crippen LogP contribution in [-0.4, -0.2) is 60.8 Å². The van der Waals surface area contributed by atoms with Gasteiger partial charge in [-0.2, -0.15) is 24.0 Å². The summed E-state index contributed by atoms with van der Waals surface area (Å²) in [6.07, 6.45) is 2.00. The van der Waals surface area contributed by atoms with Crippen molar-refractivity contribution in [3.8, 4) is 11.6 Å². The summed E-state index contributed by atoms with van der Waals surface area (Å²) in [6.45, 7) is -0.991. The number of carbonyl (C=O) groups excluding carboxylic acids is 1. The molecule has 1 fully saturated rings. The van der Waals surface area contributed by atoms with Crippen LogP contribution in [0.25, 0.3) is 27.6 Å². The lowest BCUT2D eigenvalue weighted by molar-refractivity contribution is -0.123. The lowest BCUT2D eigenvalue weighted by atomic mass is 10.0. The Morgan fingerprint density at radius 1 is 1.05 bits per heavy atom. The maximum absolute atomic E-state index is 15.5. The molecule has 1 saturated carbocycles. The number of rotatable bonds is 12. The fraction of sp³-hybridized carbons (Fsp3) is 0.333. The van der Waals surface area contributed by atoms with Crippen LogP contribution in [0.3, 0.4) is 0 Å². The number of fused-ring (bicyclic) bond motifs is 5. The van der Waals surface area contributed by atoms with Gasteiger partial charge in [-0.3, -0.25) is 28.2 Å². The SMILES string of the molecule is Cn1nc(NS(C)(=O)=O)c2c(Cl)ccc(-n3c([C@H](Cc4cc(F)cc(F)c4)NC(=O)Cn4nc(C(F)F)c5c4C(F)(F)[C@@H]4C[C@H]54)nc4nc(OC5CC=CC5)ccc4c3=O)c21. The minimum atomic E-state index is -3.91. The van der Waals surface area contributed by atoms with Crippen molar-refractivity contribution < 1.29 is 44.3 Å². The smallest absolute Gasteiger partial charge is 0.293 e. The number of ether oxygens (including phenoxy) is 1. The summed E-state index contributed by atoms with van der Waals surface area (Å²) in [6, 6.07) is 6.66. The molecule has 4 heterocycles. The minimum absolute atomic E-state index is 0.00211. The molecule has 0 aliphatic heterocycles. The van der Waals surface area contributed by atoms with Crippen LogP contribution in [0.4, 0.5) is 32.2 Å². The van der Waals surface area contributed by atoms with Crippen molar-refractivity contribution in [3.63, 3.8) is 0 Å². The molecule has 2 aromatic carbocycles. The first kappa shape index (κ1) is 40.4. The molecule has 0 radical (unpaired) electrons. The number of nitrogens with zero attached hydrogens (tertiary/aromatic N) is 7. The maximum atomic E-state index is 15.5. The van der Waals surface area contributed by atoms with E-state index in [1.165, 1.54) is 36.0 Å². The molecular formula is C39H32ClF6N9O5S. The number of amides is 1. The number of aryl methyl sites for hydroxylation is 1. The zero-order valence-electron chi connectivity index (χ0n) is 31.8. The van der Waals surface area contributed by atoms with Crippen LogP contribution in [-0.2, 0) is 40.8 Å². The van der Waals surface area contributed by atoms with Gasteiger partial charge in [0.15, 0.2) is 11.5 Å². The lowest BCUT2D eigenvalue weighted by Crippen LogP contribution is -2.38. The Labute approximate surface area is 346 Å². The fourth-order valence-electron chi connectivity index (χ4n) is 8.37. The van der Waals surface area contributed by atoms with E-state index in [9.17, 15) is 35.6 Å². The highest BCUT2D eigenvalue weighted by molar-refractivity contribution is 7.92. The van der Waals surface area contributed by atoms with Gasteiger partial charge >= 0.3 is 0 Å². The number of nitrogens with one attached hydrogen (secondary N) is 2. The van der Waals surface area contributed by atoms with Crippen molar-refractivity contribution in [2.75, 3.05) is 11.0 Å². The van der Waals surface area contributed by atoms with Gasteiger partial charge in [-0.15, -0.1) is 0 Å². The second-order valence-corrected chi connectivity index (χ2v) is 17.4. The van der Waals surface area contributed by atoms with Crippen LogP contribution in [0, 0.1) is 17.6 Å². The van der Waals surface area contributed by atoms with Gasteiger partial charge in [0.2, 0.25) is 21.8 Å². The van der Waals surface area contributed by atoms with Crippen LogP contribution in [0.15, 0.2) is 59.4 Å². The van der Waals surface area contributed by atoms with Crippen molar-refractivity contribution in [2.45, 2.75) is 62.6 Å². The number of pyridine rings is 1. The molecule has 0 bridgehead atoms. The summed E-state index contributed by atoms with van der Waals surface area (Å²) in [5.74, 6) is -9.02. The Bertz CT molecular complexity index is 3000. The molecule has 14 nitrogen and oxygen atoms in total. The van der Waals surface area contributed by atoms with Crippen LogP contribution >= 0.6 is 11.6 Å². The van der Waals surface area contributed by atoms with E-state index in [0.29, 0.717) is 23.6 Å². The Balaban J connectivity index is 1.23. The van der Waals surface area contributed by atoms with Gasteiger partial charge in [-0.05, 0) is 48.2 Å². The van der Waals surface area contributed by atoms with Gasteiger partial charge in [0, 0.05) is 49.9 Å². The molecule has 9 rings (SSSR count). The Morgan fingerprint density at radius 3 is 2.46 bits per heavy atom. The van der Waals surface area contributed by atoms with E-state index >= 15 is 8.78 Å². The molecule has 318 valence electrons. The van der Waals surface area contributed by atoms with E-state index in [1.54, 1.807) is 0 Å². The molecule has 61 heavy (non-hydrogen) atoms. The van der Waals surface area contributed by atoms with Crippen molar-refractivity contribution in [3.05, 3.63) is 110 Å². The second kappa shape index (κ2) is 14.6. The Hall–Kier alpha value is -5.96. The van der Waals surface area contributed by atoms with E-state index in [0.717, 1.165) is 23.0 Å². The maximum Gasteiger partial charge on any atom is 0.293 e. The van der Waals surface area contributed by atoms with Crippen molar-refractivity contribution in [2.24, 2.45) is 13.0 Å². The number of halogens is 7. The van der Waals surface area contributed by atoms with Gasteiger partial charge in [-0.25, -0.2) is 31.0 Å². The molecule has 2 N–H and O–H groups in total. The fourth-order valence-corrected chi connectivity index (χ4v) is 9.10. The number of benzene rings is 2. The van der Waals surface area contributed by atoms with Crippen LogP contribution in [0.5, 0.6) is 5.88 Å². The summed E-state index contributed by atoms with van der Waals surface area (Å²) in [4.78, 5) is 38.2. The number of alkyl halides is 4. The van der Waals surface area contributed by atoms with E-state index < -0.39 is 87.7 Å². The second-order valence-electron chi connectivity index (χ2n) is 15.2. The number of sulfonamides is 1. The number of anilines is 1. The third-order valence-corrected chi connectivity index (χ3v) is 11.8. The highest BCUT2D eigenvalue weighted by atomic mass is 35.5. The van der Waals surface area contributed by atoms with Gasteiger partial charge in [-0.1, -0.05) is 23.8 Å². The molecular weight excluding hydrogens is 856 g/mol. The highest BCUT2D eigenvalue weighted by Crippen LogP contribution is 2.68. The number of aromatic nitrogens is 7. The standard InChI is InChI=1S/C39H32ClF6N9O5S/c1-53-32-26(9-8-24(40)30(32)36(51-53)52-61(2,58)59)55-37(49-35-21(38(55)57)7-10-28(48-35)60-20-5-3-4-6-20)25(13-17-11-18(41)14-19(42)12-17)47-27(56)16-54-33-29(31(50-54)34(43)44)22-15-23(22)39(33,45)46/h3-4,7-12,14,20,22-23,25,34H,5-6,13,15-16H2,1-2H3,(H,47,56)(H,51,52)/t22-,23+,25-/m0/s1. The molecule has 4 aromatic heterocycles. The van der Waals surface area contributed by atoms with Crippen LogP contribution in [0.1, 0.15) is 66.0 Å². The van der Waals surface area contributed by atoms with Gasteiger partial charge < -0.3 is 10.1 Å². The summed E-state index contributed by atoms with van der Waals surface area (Å²) in [5.41, 5.74) is -2.86.